The zero-order valence-corrected chi connectivity index (χ0v) is 11.1. The number of thiophene rings is 1. The van der Waals surface area contributed by atoms with Crippen molar-refractivity contribution in [2.45, 2.75) is 25.7 Å². The van der Waals surface area contributed by atoms with Gasteiger partial charge < -0.3 is 10.2 Å². The summed E-state index contributed by atoms with van der Waals surface area (Å²) in [6.45, 7) is 5.70. The highest BCUT2D eigenvalue weighted by molar-refractivity contribution is 7.10. The third-order valence-electron chi connectivity index (χ3n) is 3.19. The number of hydrogen-bond donors (Lipinski definition) is 1. The maximum atomic E-state index is 12.5. The van der Waals surface area contributed by atoms with Crippen molar-refractivity contribution >= 4 is 17.2 Å². The summed E-state index contributed by atoms with van der Waals surface area (Å²) in [5, 5.41) is 5.34. The van der Waals surface area contributed by atoms with Crippen LogP contribution in [0, 0.1) is 0 Å². The summed E-state index contributed by atoms with van der Waals surface area (Å²) in [5.41, 5.74) is 0. The SMILES string of the molecule is CCCC(C(=O)N1CCNCC1)c1cccs1. The van der Waals surface area contributed by atoms with Crippen molar-refractivity contribution in [3.8, 4) is 0 Å². The minimum absolute atomic E-state index is 0.0816. The first-order valence-electron chi connectivity index (χ1n) is 6.36. The molecule has 0 aromatic carbocycles. The van der Waals surface area contributed by atoms with E-state index in [-0.39, 0.29) is 5.92 Å². The van der Waals surface area contributed by atoms with Gasteiger partial charge in [0.2, 0.25) is 5.91 Å². The highest BCUT2D eigenvalue weighted by atomic mass is 32.1. The minimum Gasteiger partial charge on any atom is -0.340 e. The molecule has 1 N–H and O–H groups in total. The smallest absolute Gasteiger partial charge is 0.231 e. The summed E-state index contributed by atoms with van der Waals surface area (Å²) < 4.78 is 0. The molecule has 1 saturated heterocycles. The van der Waals surface area contributed by atoms with Gasteiger partial charge in [-0.2, -0.15) is 0 Å². The van der Waals surface area contributed by atoms with Crippen molar-refractivity contribution in [2.75, 3.05) is 26.2 Å². The van der Waals surface area contributed by atoms with Gasteiger partial charge in [0, 0.05) is 31.1 Å². The van der Waals surface area contributed by atoms with Crippen LogP contribution in [0.25, 0.3) is 0 Å². The zero-order valence-electron chi connectivity index (χ0n) is 10.3. The van der Waals surface area contributed by atoms with Crippen molar-refractivity contribution in [1.82, 2.24) is 10.2 Å². The van der Waals surface area contributed by atoms with E-state index in [1.54, 1.807) is 11.3 Å². The number of rotatable bonds is 4. The Morgan fingerprint density at radius 2 is 2.29 bits per heavy atom. The maximum absolute atomic E-state index is 12.5. The first-order chi connectivity index (χ1) is 8.33. The van der Waals surface area contributed by atoms with Crippen molar-refractivity contribution in [3.63, 3.8) is 0 Å². The molecule has 1 unspecified atom stereocenters. The molecule has 2 heterocycles. The van der Waals surface area contributed by atoms with Gasteiger partial charge >= 0.3 is 0 Å². The molecule has 0 radical (unpaired) electrons. The molecule has 2 rings (SSSR count). The van der Waals surface area contributed by atoms with E-state index in [2.05, 4.69) is 23.7 Å². The molecule has 1 aliphatic heterocycles. The molecule has 0 aliphatic carbocycles. The van der Waals surface area contributed by atoms with Crippen LogP contribution in [0.15, 0.2) is 17.5 Å². The van der Waals surface area contributed by atoms with Crippen molar-refractivity contribution < 1.29 is 4.79 Å². The number of amides is 1. The van der Waals surface area contributed by atoms with Gasteiger partial charge in [-0.1, -0.05) is 19.4 Å². The summed E-state index contributed by atoms with van der Waals surface area (Å²) in [6, 6.07) is 4.12. The molecule has 0 spiro atoms. The number of nitrogens with zero attached hydrogens (tertiary/aromatic N) is 1. The van der Waals surface area contributed by atoms with Gasteiger partial charge in [-0.15, -0.1) is 11.3 Å². The second kappa shape index (κ2) is 6.17. The van der Waals surface area contributed by atoms with Crippen molar-refractivity contribution in [2.24, 2.45) is 0 Å². The Labute approximate surface area is 107 Å². The van der Waals surface area contributed by atoms with Crippen LogP contribution in [0.1, 0.15) is 30.6 Å². The standard InChI is InChI=1S/C13H20N2OS/c1-2-4-11(12-5-3-10-17-12)13(16)15-8-6-14-7-9-15/h3,5,10-11,14H,2,4,6-9H2,1H3. The zero-order chi connectivity index (χ0) is 12.1. The summed E-state index contributed by atoms with van der Waals surface area (Å²) in [6.07, 6.45) is 2.02. The average Bonchev–Trinajstić information content (AvgIpc) is 2.90. The fraction of sp³-hybridized carbons (Fsp3) is 0.615. The third-order valence-corrected chi connectivity index (χ3v) is 4.18. The van der Waals surface area contributed by atoms with E-state index in [9.17, 15) is 4.79 Å². The van der Waals surface area contributed by atoms with E-state index in [0.717, 1.165) is 39.0 Å². The Morgan fingerprint density at radius 3 is 2.88 bits per heavy atom. The van der Waals surface area contributed by atoms with Crippen LogP contribution >= 0.6 is 11.3 Å². The van der Waals surface area contributed by atoms with E-state index < -0.39 is 0 Å². The predicted octanol–water partition coefficient (Wildman–Crippen LogP) is 2.06. The normalized spacial score (nSPS) is 18.1. The quantitative estimate of drug-likeness (QED) is 0.889. The van der Waals surface area contributed by atoms with Crippen molar-refractivity contribution in [1.29, 1.82) is 0 Å². The molecule has 17 heavy (non-hydrogen) atoms. The lowest BCUT2D eigenvalue weighted by Gasteiger charge is -2.30. The highest BCUT2D eigenvalue weighted by Crippen LogP contribution is 2.27. The molecule has 1 amide bonds. The molecule has 1 aliphatic rings. The van der Waals surface area contributed by atoms with Gasteiger partial charge in [0.15, 0.2) is 0 Å². The average molecular weight is 252 g/mol. The number of carbonyl (C=O) groups is 1. The second-order valence-corrected chi connectivity index (χ2v) is 5.41. The fourth-order valence-electron chi connectivity index (χ4n) is 2.27. The monoisotopic (exact) mass is 252 g/mol. The lowest BCUT2D eigenvalue weighted by molar-refractivity contribution is -0.133. The van der Waals surface area contributed by atoms with E-state index in [1.165, 1.54) is 4.88 Å². The number of nitrogens with one attached hydrogen (secondary N) is 1. The molecule has 94 valence electrons. The number of piperazine rings is 1. The molecule has 0 bridgehead atoms. The van der Waals surface area contributed by atoms with Gasteiger partial charge in [-0.05, 0) is 17.9 Å². The molecular weight excluding hydrogens is 232 g/mol. The number of hydrogen-bond acceptors (Lipinski definition) is 3. The molecule has 3 nitrogen and oxygen atoms in total. The van der Waals surface area contributed by atoms with E-state index in [0.29, 0.717) is 5.91 Å². The Hall–Kier alpha value is -0.870. The van der Waals surface area contributed by atoms with Gasteiger partial charge in [-0.3, -0.25) is 4.79 Å². The van der Waals surface area contributed by atoms with Crippen LogP contribution in [0.2, 0.25) is 0 Å². The van der Waals surface area contributed by atoms with Crippen molar-refractivity contribution in [3.05, 3.63) is 22.4 Å². The van der Waals surface area contributed by atoms with E-state index in [4.69, 9.17) is 0 Å². The summed E-state index contributed by atoms with van der Waals surface area (Å²) in [4.78, 5) is 15.7. The van der Waals surface area contributed by atoms with Crippen LogP contribution in [-0.2, 0) is 4.79 Å². The molecule has 0 saturated carbocycles. The van der Waals surface area contributed by atoms with Crippen LogP contribution < -0.4 is 5.32 Å². The second-order valence-electron chi connectivity index (χ2n) is 4.43. The molecule has 1 aromatic rings. The van der Waals surface area contributed by atoms with Crippen LogP contribution in [0.4, 0.5) is 0 Å². The Bertz CT molecular complexity index is 344. The lowest BCUT2D eigenvalue weighted by atomic mass is 10.00. The largest absolute Gasteiger partial charge is 0.340 e. The fourth-order valence-corrected chi connectivity index (χ4v) is 3.13. The first-order valence-corrected chi connectivity index (χ1v) is 7.23. The van der Waals surface area contributed by atoms with E-state index in [1.807, 2.05) is 11.0 Å². The van der Waals surface area contributed by atoms with Gasteiger partial charge in [0.05, 0.1) is 5.92 Å². The summed E-state index contributed by atoms with van der Waals surface area (Å²) in [7, 11) is 0. The van der Waals surface area contributed by atoms with Crippen LogP contribution in [0.5, 0.6) is 0 Å². The minimum atomic E-state index is 0.0816. The third kappa shape index (κ3) is 3.07. The summed E-state index contributed by atoms with van der Waals surface area (Å²) >= 11 is 1.70. The Balaban J connectivity index is 2.07. The predicted molar refractivity (Wildman–Crippen MR) is 71.4 cm³/mol. The lowest BCUT2D eigenvalue weighted by Crippen LogP contribution is -2.47. The van der Waals surface area contributed by atoms with Gasteiger partial charge in [0.1, 0.15) is 0 Å². The molecule has 4 heteroatoms. The van der Waals surface area contributed by atoms with E-state index >= 15 is 0 Å². The van der Waals surface area contributed by atoms with Gasteiger partial charge in [0.25, 0.3) is 0 Å². The molecule has 1 atom stereocenters. The molecule has 1 aromatic heterocycles. The summed E-state index contributed by atoms with van der Waals surface area (Å²) in [5.74, 6) is 0.397. The topological polar surface area (TPSA) is 32.3 Å². The highest BCUT2D eigenvalue weighted by Gasteiger charge is 2.26. The molecule has 1 fully saturated rings. The number of carbonyl (C=O) groups excluding carboxylic acids is 1. The molecular formula is C13H20N2OS. The first kappa shape index (κ1) is 12.6. The maximum Gasteiger partial charge on any atom is 0.231 e. The Kier molecular flexibility index (Phi) is 4.57. The van der Waals surface area contributed by atoms with Crippen LogP contribution in [0.3, 0.4) is 0 Å². The Morgan fingerprint density at radius 1 is 1.53 bits per heavy atom. The van der Waals surface area contributed by atoms with Crippen LogP contribution in [-0.4, -0.2) is 37.0 Å². The van der Waals surface area contributed by atoms with Gasteiger partial charge in [-0.25, -0.2) is 0 Å².